The van der Waals surface area contributed by atoms with E-state index >= 15 is 0 Å². The summed E-state index contributed by atoms with van der Waals surface area (Å²) < 4.78 is 0. The molecular weight excluding hydrogens is 236 g/mol. The lowest BCUT2D eigenvalue weighted by molar-refractivity contribution is -0.114. The SMILES string of the molecule is C=CC(=O)N(CC(C)N(C)C)c1c(C)cccc1C. The van der Waals surface area contributed by atoms with Crippen LogP contribution in [0, 0.1) is 13.8 Å². The second-order valence-corrected chi connectivity index (χ2v) is 5.21. The van der Waals surface area contributed by atoms with E-state index in [1.165, 1.54) is 6.08 Å². The van der Waals surface area contributed by atoms with E-state index in [2.05, 4.69) is 18.4 Å². The summed E-state index contributed by atoms with van der Waals surface area (Å²) in [4.78, 5) is 16.1. The molecule has 0 aliphatic rings. The van der Waals surface area contributed by atoms with Gasteiger partial charge in [-0.05, 0) is 52.1 Å². The molecule has 104 valence electrons. The van der Waals surface area contributed by atoms with Gasteiger partial charge in [-0.3, -0.25) is 4.79 Å². The van der Waals surface area contributed by atoms with Crippen molar-refractivity contribution < 1.29 is 4.79 Å². The third kappa shape index (κ3) is 3.67. The molecule has 0 fully saturated rings. The molecule has 1 aromatic rings. The largest absolute Gasteiger partial charge is 0.307 e. The van der Waals surface area contributed by atoms with Gasteiger partial charge in [-0.2, -0.15) is 0 Å². The first-order chi connectivity index (χ1) is 8.88. The third-order valence-corrected chi connectivity index (χ3v) is 3.48. The van der Waals surface area contributed by atoms with E-state index in [9.17, 15) is 4.79 Å². The number of anilines is 1. The van der Waals surface area contributed by atoms with E-state index in [0.717, 1.165) is 16.8 Å². The maximum absolute atomic E-state index is 12.2. The maximum Gasteiger partial charge on any atom is 0.250 e. The average Bonchev–Trinajstić information content (AvgIpc) is 2.35. The minimum Gasteiger partial charge on any atom is -0.307 e. The molecule has 0 radical (unpaired) electrons. The second-order valence-electron chi connectivity index (χ2n) is 5.21. The van der Waals surface area contributed by atoms with E-state index in [-0.39, 0.29) is 11.9 Å². The van der Waals surface area contributed by atoms with Crippen LogP contribution in [0.5, 0.6) is 0 Å². The number of likely N-dealkylation sites (N-methyl/N-ethyl adjacent to an activating group) is 1. The van der Waals surface area contributed by atoms with Gasteiger partial charge < -0.3 is 9.80 Å². The van der Waals surface area contributed by atoms with Crippen LogP contribution < -0.4 is 4.90 Å². The first-order valence-electron chi connectivity index (χ1n) is 6.55. The molecule has 0 aliphatic carbocycles. The molecule has 19 heavy (non-hydrogen) atoms. The van der Waals surface area contributed by atoms with E-state index in [1.54, 1.807) is 0 Å². The lowest BCUT2D eigenvalue weighted by Gasteiger charge is -2.30. The van der Waals surface area contributed by atoms with E-state index in [1.807, 2.05) is 51.0 Å². The van der Waals surface area contributed by atoms with Crippen molar-refractivity contribution >= 4 is 11.6 Å². The van der Waals surface area contributed by atoms with Crippen molar-refractivity contribution in [1.82, 2.24) is 4.90 Å². The molecule has 0 spiro atoms. The fraction of sp³-hybridized carbons (Fsp3) is 0.438. The minimum atomic E-state index is -0.0499. The van der Waals surface area contributed by atoms with Crippen molar-refractivity contribution in [2.24, 2.45) is 0 Å². The number of nitrogens with zero attached hydrogens (tertiary/aromatic N) is 2. The summed E-state index contributed by atoms with van der Waals surface area (Å²) in [6.45, 7) is 10.4. The van der Waals surface area contributed by atoms with Crippen LogP contribution in [0.25, 0.3) is 0 Å². The van der Waals surface area contributed by atoms with Crippen LogP contribution in [0.1, 0.15) is 18.1 Å². The highest BCUT2D eigenvalue weighted by atomic mass is 16.2. The van der Waals surface area contributed by atoms with Gasteiger partial charge >= 0.3 is 0 Å². The molecule has 0 saturated heterocycles. The summed E-state index contributed by atoms with van der Waals surface area (Å²) >= 11 is 0. The highest BCUT2D eigenvalue weighted by molar-refractivity contribution is 6.02. The van der Waals surface area contributed by atoms with Crippen molar-refractivity contribution in [2.45, 2.75) is 26.8 Å². The molecule has 1 aromatic carbocycles. The van der Waals surface area contributed by atoms with Gasteiger partial charge in [0.05, 0.1) is 0 Å². The van der Waals surface area contributed by atoms with E-state index in [0.29, 0.717) is 6.54 Å². The van der Waals surface area contributed by atoms with Gasteiger partial charge in [-0.25, -0.2) is 0 Å². The summed E-state index contributed by atoms with van der Waals surface area (Å²) in [5, 5.41) is 0. The van der Waals surface area contributed by atoms with Gasteiger partial charge in [-0.15, -0.1) is 0 Å². The molecule has 0 bridgehead atoms. The number of aryl methyl sites for hydroxylation is 2. The van der Waals surface area contributed by atoms with Crippen LogP contribution in [0.15, 0.2) is 30.9 Å². The highest BCUT2D eigenvalue weighted by Crippen LogP contribution is 2.25. The number of para-hydroxylation sites is 1. The number of carbonyl (C=O) groups is 1. The Morgan fingerprint density at radius 3 is 2.26 bits per heavy atom. The molecule has 1 atom stereocenters. The Balaban J connectivity index is 3.17. The zero-order valence-corrected chi connectivity index (χ0v) is 12.6. The summed E-state index contributed by atoms with van der Waals surface area (Å²) in [5.41, 5.74) is 3.23. The quantitative estimate of drug-likeness (QED) is 0.760. The number of amides is 1. The predicted octanol–water partition coefficient (Wildman–Crippen LogP) is 2.77. The average molecular weight is 260 g/mol. The topological polar surface area (TPSA) is 23.6 Å². The number of rotatable bonds is 5. The van der Waals surface area contributed by atoms with Crippen molar-refractivity contribution in [3.05, 3.63) is 42.0 Å². The Hall–Kier alpha value is -1.61. The molecule has 3 nitrogen and oxygen atoms in total. The van der Waals surface area contributed by atoms with Gasteiger partial charge in [0.15, 0.2) is 0 Å². The number of carbonyl (C=O) groups excluding carboxylic acids is 1. The Bertz CT molecular complexity index is 446. The van der Waals surface area contributed by atoms with Crippen LogP contribution in [0.3, 0.4) is 0 Å². The van der Waals surface area contributed by atoms with Gasteiger partial charge in [0, 0.05) is 18.3 Å². The predicted molar refractivity (Wildman–Crippen MR) is 81.6 cm³/mol. The van der Waals surface area contributed by atoms with Crippen molar-refractivity contribution in [1.29, 1.82) is 0 Å². The summed E-state index contributed by atoms with van der Waals surface area (Å²) in [7, 11) is 4.04. The number of hydrogen-bond acceptors (Lipinski definition) is 2. The molecule has 1 unspecified atom stereocenters. The summed E-state index contributed by atoms with van der Waals surface area (Å²) in [6.07, 6.45) is 1.38. The monoisotopic (exact) mass is 260 g/mol. The Kier molecular flexibility index (Phi) is 5.31. The number of hydrogen-bond donors (Lipinski definition) is 0. The smallest absolute Gasteiger partial charge is 0.250 e. The van der Waals surface area contributed by atoms with E-state index < -0.39 is 0 Å². The van der Waals surface area contributed by atoms with Crippen molar-refractivity contribution in [3.63, 3.8) is 0 Å². The third-order valence-electron chi connectivity index (χ3n) is 3.48. The van der Waals surface area contributed by atoms with Crippen LogP contribution in [-0.4, -0.2) is 37.5 Å². The van der Waals surface area contributed by atoms with E-state index in [4.69, 9.17) is 0 Å². The van der Waals surface area contributed by atoms with Crippen LogP contribution in [-0.2, 0) is 4.79 Å². The maximum atomic E-state index is 12.2. The molecule has 0 heterocycles. The fourth-order valence-electron chi connectivity index (χ4n) is 2.06. The van der Waals surface area contributed by atoms with Gasteiger partial charge in [0.2, 0.25) is 5.91 Å². The first kappa shape index (κ1) is 15.4. The molecule has 1 amide bonds. The van der Waals surface area contributed by atoms with Gasteiger partial charge in [0.25, 0.3) is 0 Å². The summed E-state index contributed by atoms with van der Waals surface area (Å²) in [5.74, 6) is -0.0499. The van der Waals surface area contributed by atoms with Crippen molar-refractivity contribution in [3.8, 4) is 0 Å². The minimum absolute atomic E-state index is 0.0499. The Morgan fingerprint density at radius 2 is 1.84 bits per heavy atom. The second kappa shape index (κ2) is 6.53. The highest BCUT2D eigenvalue weighted by Gasteiger charge is 2.20. The molecule has 0 aromatic heterocycles. The molecule has 0 saturated carbocycles. The lowest BCUT2D eigenvalue weighted by atomic mass is 10.1. The normalized spacial score (nSPS) is 12.3. The van der Waals surface area contributed by atoms with Crippen LogP contribution >= 0.6 is 0 Å². The van der Waals surface area contributed by atoms with Crippen LogP contribution in [0.2, 0.25) is 0 Å². The summed E-state index contributed by atoms with van der Waals surface area (Å²) in [6, 6.07) is 6.36. The standard InChI is InChI=1S/C16H24N2O/c1-7-15(19)18(11-14(4)17(5)6)16-12(2)9-8-10-13(16)3/h7-10,14H,1,11H2,2-6H3. The van der Waals surface area contributed by atoms with Crippen LogP contribution in [0.4, 0.5) is 5.69 Å². The number of benzene rings is 1. The first-order valence-corrected chi connectivity index (χ1v) is 6.55. The van der Waals surface area contributed by atoms with Crippen molar-refractivity contribution in [2.75, 3.05) is 25.5 Å². The van der Waals surface area contributed by atoms with Gasteiger partial charge in [-0.1, -0.05) is 24.8 Å². The van der Waals surface area contributed by atoms with Gasteiger partial charge in [0.1, 0.15) is 0 Å². The molecule has 3 heteroatoms. The fourth-order valence-corrected chi connectivity index (χ4v) is 2.06. The zero-order chi connectivity index (χ0) is 14.6. The molecule has 0 N–H and O–H groups in total. The Morgan fingerprint density at radius 1 is 1.32 bits per heavy atom. The molecular formula is C16H24N2O. The molecule has 1 rings (SSSR count). The Labute approximate surface area is 116 Å². The lowest BCUT2D eigenvalue weighted by Crippen LogP contribution is -2.41. The molecule has 0 aliphatic heterocycles. The zero-order valence-electron chi connectivity index (χ0n) is 12.6.